The molecular weight excluding hydrogens is 264 g/mol. The van der Waals surface area contributed by atoms with Gasteiger partial charge in [0, 0.05) is 12.5 Å². The molecule has 1 unspecified atom stereocenters. The van der Waals surface area contributed by atoms with E-state index in [0.29, 0.717) is 6.61 Å². The molecule has 0 aliphatic heterocycles. The van der Waals surface area contributed by atoms with Gasteiger partial charge in [0.15, 0.2) is 0 Å². The lowest BCUT2D eigenvalue weighted by Crippen LogP contribution is -2.21. The Morgan fingerprint density at radius 1 is 0.952 bits per heavy atom. The lowest BCUT2D eigenvalue weighted by atomic mass is 10.1. The van der Waals surface area contributed by atoms with Gasteiger partial charge < -0.3 is 9.47 Å². The zero-order valence-electron chi connectivity index (χ0n) is 14.1. The lowest BCUT2D eigenvalue weighted by Gasteiger charge is -2.17. The third-order valence-corrected chi connectivity index (χ3v) is 3.51. The third-order valence-electron chi connectivity index (χ3n) is 3.51. The van der Waals surface area contributed by atoms with Crippen molar-refractivity contribution in [1.29, 1.82) is 0 Å². The first-order valence-electron chi connectivity index (χ1n) is 8.69. The molecule has 3 nitrogen and oxygen atoms in total. The van der Waals surface area contributed by atoms with E-state index >= 15 is 0 Å². The van der Waals surface area contributed by atoms with Crippen LogP contribution in [0.25, 0.3) is 0 Å². The SMILES string of the molecule is C=CC(=O)OC(CCCCCCCC)OCCCCCC. The molecule has 0 radical (unpaired) electrons. The summed E-state index contributed by atoms with van der Waals surface area (Å²) >= 11 is 0. The molecule has 124 valence electrons. The molecule has 0 heterocycles. The van der Waals surface area contributed by atoms with Gasteiger partial charge in [-0.05, 0) is 12.8 Å². The van der Waals surface area contributed by atoms with Crippen LogP contribution in [0.2, 0.25) is 0 Å². The van der Waals surface area contributed by atoms with Gasteiger partial charge in [0.05, 0.1) is 6.61 Å². The van der Waals surface area contributed by atoms with Gasteiger partial charge in [-0.1, -0.05) is 71.8 Å². The summed E-state index contributed by atoms with van der Waals surface area (Å²) in [6.45, 7) is 8.51. The van der Waals surface area contributed by atoms with Crippen LogP contribution in [0.5, 0.6) is 0 Å². The molecular formula is C18H34O3. The van der Waals surface area contributed by atoms with Gasteiger partial charge in [0.2, 0.25) is 6.29 Å². The molecule has 0 saturated heterocycles. The minimum Gasteiger partial charge on any atom is -0.433 e. The Morgan fingerprint density at radius 2 is 1.52 bits per heavy atom. The number of carbonyl (C=O) groups excluding carboxylic acids is 1. The molecule has 0 bridgehead atoms. The van der Waals surface area contributed by atoms with E-state index in [0.717, 1.165) is 19.3 Å². The molecule has 0 aliphatic rings. The molecule has 1 atom stereocenters. The monoisotopic (exact) mass is 298 g/mol. The smallest absolute Gasteiger partial charge is 0.332 e. The van der Waals surface area contributed by atoms with Gasteiger partial charge in [0.25, 0.3) is 0 Å². The van der Waals surface area contributed by atoms with Gasteiger partial charge in [-0.25, -0.2) is 4.79 Å². The minimum atomic E-state index is -0.400. The Hall–Kier alpha value is -0.830. The van der Waals surface area contributed by atoms with E-state index in [1.807, 2.05) is 0 Å². The van der Waals surface area contributed by atoms with Gasteiger partial charge in [-0.3, -0.25) is 0 Å². The Kier molecular flexibility index (Phi) is 14.9. The number of ether oxygens (including phenoxy) is 2. The van der Waals surface area contributed by atoms with Crippen molar-refractivity contribution < 1.29 is 14.3 Å². The maximum Gasteiger partial charge on any atom is 0.332 e. The predicted molar refractivity (Wildman–Crippen MR) is 88.2 cm³/mol. The average Bonchev–Trinajstić information content (AvgIpc) is 2.49. The van der Waals surface area contributed by atoms with E-state index in [4.69, 9.17) is 9.47 Å². The molecule has 3 heteroatoms. The summed E-state index contributed by atoms with van der Waals surface area (Å²) in [5, 5.41) is 0. The zero-order valence-corrected chi connectivity index (χ0v) is 14.1. The van der Waals surface area contributed by atoms with Crippen LogP contribution in [0, 0.1) is 0 Å². The molecule has 0 aromatic carbocycles. The Bertz CT molecular complexity index is 251. The van der Waals surface area contributed by atoms with Crippen LogP contribution in [-0.2, 0) is 14.3 Å². The second-order valence-electron chi connectivity index (χ2n) is 5.56. The van der Waals surface area contributed by atoms with Gasteiger partial charge >= 0.3 is 5.97 Å². The summed E-state index contributed by atoms with van der Waals surface area (Å²) < 4.78 is 11.0. The molecule has 0 fully saturated rings. The first-order chi connectivity index (χ1) is 10.2. The van der Waals surface area contributed by atoms with Crippen molar-refractivity contribution in [2.75, 3.05) is 6.61 Å². The van der Waals surface area contributed by atoms with Crippen LogP contribution in [0.15, 0.2) is 12.7 Å². The molecule has 0 spiro atoms. The van der Waals surface area contributed by atoms with Gasteiger partial charge in [-0.15, -0.1) is 0 Å². The number of esters is 1. The third kappa shape index (κ3) is 13.9. The number of carbonyl (C=O) groups is 1. The van der Waals surface area contributed by atoms with Crippen LogP contribution < -0.4 is 0 Å². The summed E-state index contributed by atoms with van der Waals surface area (Å²) in [5.74, 6) is -0.389. The molecule has 0 aromatic rings. The highest BCUT2D eigenvalue weighted by Gasteiger charge is 2.12. The first-order valence-corrected chi connectivity index (χ1v) is 8.69. The van der Waals surface area contributed by atoms with Crippen molar-refractivity contribution >= 4 is 5.97 Å². The topological polar surface area (TPSA) is 35.5 Å². The van der Waals surface area contributed by atoms with Crippen molar-refractivity contribution in [1.82, 2.24) is 0 Å². The van der Waals surface area contributed by atoms with E-state index in [1.54, 1.807) is 0 Å². The van der Waals surface area contributed by atoms with Crippen LogP contribution >= 0.6 is 0 Å². The van der Waals surface area contributed by atoms with Crippen LogP contribution in [0.4, 0.5) is 0 Å². The molecule has 21 heavy (non-hydrogen) atoms. The summed E-state index contributed by atoms with van der Waals surface area (Å²) in [5.41, 5.74) is 0. The molecule has 0 saturated carbocycles. The second-order valence-corrected chi connectivity index (χ2v) is 5.56. The summed E-state index contributed by atoms with van der Waals surface area (Å²) in [6, 6.07) is 0. The predicted octanol–water partition coefficient (Wildman–Crippen LogP) is 5.39. The molecule has 0 N–H and O–H groups in total. The van der Waals surface area contributed by atoms with Crippen LogP contribution in [-0.4, -0.2) is 18.9 Å². The van der Waals surface area contributed by atoms with Crippen molar-refractivity contribution in [2.24, 2.45) is 0 Å². The standard InChI is InChI=1S/C18H34O3/c1-4-7-9-11-12-13-15-18(21-17(19)6-3)20-16-14-10-8-5-2/h6,18H,3-5,7-16H2,1-2H3. The number of rotatable bonds is 15. The fourth-order valence-electron chi connectivity index (χ4n) is 2.19. The highest BCUT2D eigenvalue weighted by atomic mass is 16.7. The highest BCUT2D eigenvalue weighted by Crippen LogP contribution is 2.12. The molecule has 0 aliphatic carbocycles. The summed E-state index contributed by atoms with van der Waals surface area (Å²) in [7, 11) is 0. The van der Waals surface area contributed by atoms with E-state index in [9.17, 15) is 4.79 Å². The number of unbranched alkanes of at least 4 members (excludes halogenated alkanes) is 8. The molecule has 0 amide bonds. The normalized spacial score (nSPS) is 12.1. The number of hydrogen-bond acceptors (Lipinski definition) is 3. The van der Waals surface area contributed by atoms with E-state index in [2.05, 4.69) is 20.4 Å². The van der Waals surface area contributed by atoms with Crippen LogP contribution in [0.3, 0.4) is 0 Å². The summed E-state index contributed by atoms with van der Waals surface area (Å²) in [4.78, 5) is 11.3. The Balaban J connectivity index is 3.80. The van der Waals surface area contributed by atoms with Crippen molar-refractivity contribution in [3.63, 3.8) is 0 Å². The largest absolute Gasteiger partial charge is 0.433 e. The number of hydrogen-bond donors (Lipinski definition) is 0. The maximum absolute atomic E-state index is 11.3. The highest BCUT2D eigenvalue weighted by molar-refractivity contribution is 5.81. The van der Waals surface area contributed by atoms with Gasteiger partial charge in [0.1, 0.15) is 0 Å². The quantitative estimate of drug-likeness (QED) is 0.176. The fourth-order valence-corrected chi connectivity index (χ4v) is 2.19. The zero-order chi connectivity index (χ0) is 15.8. The van der Waals surface area contributed by atoms with Gasteiger partial charge in [-0.2, -0.15) is 0 Å². The maximum atomic E-state index is 11.3. The van der Waals surface area contributed by atoms with E-state index in [1.165, 1.54) is 57.4 Å². The van der Waals surface area contributed by atoms with Crippen molar-refractivity contribution in [3.8, 4) is 0 Å². The van der Waals surface area contributed by atoms with E-state index in [-0.39, 0.29) is 5.97 Å². The average molecular weight is 298 g/mol. The first kappa shape index (κ1) is 20.2. The van der Waals surface area contributed by atoms with E-state index < -0.39 is 6.29 Å². The van der Waals surface area contributed by atoms with Crippen LogP contribution in [0.1, 0.15) is 84.5 Å². The van der Waals surface area contributed by atoms with Crippen molar-refractivity contribution in [3.05, 3.63) is 12.7 Å². The molecule has 0 aromatic heterocycles. The Morgan fingerprint density at radius 3 is 2.14 bits per heavy atom. The second kappa shape index (κ2) is 15.6. The molecule has 0 rings (SSSR count). The Labute approximate surface area is 131 Å². The lowest BCUT2D eigenvalue weighted by molar-refractivity contribution is -0.174. The minimum absolute atomic E-state index is 0.389. The fraction of sp³-hybridized carbons (Fsp3) is 0.833. The van der Waals surface area contributed by atoms with Crippen molar-refractivity contribution in [2.45, 2.75) is 90.8 Å². The summed E-state index contributed by atoms with van der Waals surface area (Å²) in [6.07, 6.45) is 13.6.